The predicted octanol–water partition coefficient (Wildman–Crippen LogP) is 4.09. The summed E-state index contributed by atoms with van der Waals surface area (Å²) in [5, 5.41) is 0. The van der Waals surface area contributed by atoms with Crippen LogP contribution in [0.4, 0.5) is 0 Å². The first-order valence-corrected chi connectivity index (χ1v) is 10.5. The molecule has 5 nitrogen and oxygen atoms in total. The fraction of sp³-hybridized carbons (Fsp3) is 0.826. The summed E-state index contributed by atoms with van der Waals surface area (Å²) in [7, 11) is 1.49. The van der Waals surface area contributed by atoms with Crippen molar-refractivity contribution in [2.45, 2.75) is 84.0 Å². The molecule has 3 rings (SSSR count). The van der Waals surface area contributed by atoms with Crippen LogP contribution in [0.2, 0.25) is 0 Å². The number of esters is 1. The van der Waals surface area contributed by atoms with Gasteiger partial charge < -0.3 is 14.2 Å². The fourth-order valence-electron chi connectivity index (χ4n) is 7.08. The molecule has 28 heavy (non-hydrogen) atoms. The molecular formula is C23H36O5. The average molecular weight is 393 g/mol. The van der Waals surface area contributed by atoms with E-state index in [1.165, 1.54) is 7.11 Å². The number of methoxy groups -OCH3 is 1. The lowest BCUT2D eigenvalue weighted by Crippen LogP contribution is -2.69. The van der Waals surface area contributed by atoms with Crippen molar-refractivity contribution in [2.24, 2.45) is 22.7 Å². The van der Waals surface area contributed by atoms with Crippen molar-refractivity contribution in [2.75, 3.05) is 13.7 Å². The van der Waals surface area contributed by atoms with Gasteiger partial charge in [-0.05, 0) is 37.5 Å². The van der Waals surface area contributed by atoms with Gasteiger partial charge in [-0.15, -0.1) is 6.58 Å². The lowest BCUT2D eigenvalue weighted by atomic mass is 9.43. The van der Waals surface area contributed by atoms with E-state index in [-0.39, 0.29) is 47.1 Å². The van der Waals surface area contributed by atoms with Gasteiger partial charge in [-0.25, -0.2) is 4.79 Å². The van der Waals surface area contributed by atoms with Gasteiger partial charge in [-0.3, -0.25) is 4.79 Å². The zero-order valence-electron chi connectivity index (χ0n) is 18.3. The number of hydrogen-bond acceptors (Lipinski definition) is 5. The molecule has 0 spiro atoms. The minimum atomic E-state index is -0.686. The quantitative estimate of drug-likeness (QED) is 0.533. The number of carbonyl (C=O) groups is 2. The summed E-state index contributed by atoms with van der Waals surface area (Å²) >= 11 is 0. The first-order valence-electron chi connectivity index (χ1n) is 10.5. The maximum absolute atomic E-state index is 13.5. The largest absolute Gasteiger partial charge is 0.460 e. The summed E-state index contributed by atoms with van der Waals surface area (Å²) in [6.07, 6.45) is 5.38. The van der Waals surface area contributed by atoms with Crippen molar-refractivity contribution in [1.29, 1.82) is 0 Å². The minimum Gasteiger partial charge on any atom is -0.460 e. The van der Waals surface area contributed by atoms with Gasteiger partial charge in [0.25, 0.3) is 0 Å². The SMILES string of the molecule is C=C[C@@]1(C)CC(=O)[C@@H]2[C@@]3(C)CCCC(C)(C)[C@@H]3[C@H](OC(=O)COC)C[C@@]2(C)O1. The number of ketones is 1. The molecule has 0 N–H and O–H groups in total. The molecule has 2 aliphatic carbocycles. The lowest BCUT2D eigenvalue weighted by Gasteiger charge is -2.65. The van der Waals surface area contributed by atoms with E-state index in [0.29, 0.717) is 12.8 Å². The monoisotopic (exact) mass is 392 g/mol. The van der Waals surface area contributed by atoms with Crippen LogP contribution in [-0.2, 0) is 23.8 Å². The zero-order valence-corrected chi connectivity index (χ0v) is 18.3. The number of fused-ring (bicyclic) bond motifs is 3. The van der Waals surface area contributed by atoms with Gasteiger partial charge in [0.2, 0.25) is 0 Å². The smallest absolute Gasteiger partial charge is 0.332 e. The van der Waals surface area contributed by atoms with Crippen LogP contribution in [0.1, 0.15) is 66.7 Å². The van der Waals surface area contributed by atoms with Crippen molar-refractivity contribution in [3.63, 3.8) is 0 Å². The van der Waals surface area contributed by atoms with Crippen LogP contribution in [0, 0.1) is 22.7 Å². The van der Waals surface area contributed by atoms with Crippen molar-refractivity contribution in [3.8, 4) is 0 Å². The molecule has 6 atom stereocenters. The van der Waals surface area contributed by atoms with E-state index in [0.717, 1.165) is 19.3 Å². The third kappa shape index (κ3) is 3.35. The van der Waals surface area contributed by atoms with Crippen molar-refractivity contribution in [3.05, 3.63) is 12.7 Å². The Kier molecular flexibility index (Phi) is 5.33. The second kappa shape index (κ2) is 6.94. The number of rotatable bonds is 4. The Bertz CT molecular complexity index is 670. The Morgan fingerprint density at radius 2 is 1.93 bits per heavy atom. The van der Waals surface area contributed by atoms with E-state index in [1.807, 2.05) is 13.8 Å². The maximum atomic E-state index is 13.5. The molecule has 1 heterocycles. The van der Waals surface area contributed by atoms with Gasteiger partial charge >= 0.3 is 5.97 Å². The first-order chi connectivity index (χ1) is 12.9. The first kappa shape index (κ1) is 21.5. The van der Waals surface area contributed by atoms with E-state index in [4.69, 9.17) is 14.2 Å². The number of ether oxygens (including phenoxy) is 3. The molecule has 0 aromatic heterocycles. The van der Waals surface area contributed by atoms with Gasteiger partial charge in [0.1, 0.15) is 18.5 Å². The molecule has 0 bridgehead atoms. The van der Waals surface area contributed by atoms with Crippen molar-refractivity contribution < 1.29 is 23.8 Å². The maximum Gasteiger partial charge on any atom is 0.332 e. The minimum absolute atomic E-state index is 0.0220. The fourth-order valence-corrected chi connectivity index (χ4v) is 7.08. The van der Waals surface area contributed by atoms with E-state index in [2.05, 4.69) is 27.4 Å². The summed E-state index contributed by atoms with van der Waals surface area (Å²) in [6.45, 7) is 14.5. The topological polar surface area (TPSA) is 61.8 Å². The van der Waals surface area contributed by atoms with Gasteiger partial charge in [-0.1, -0.05) is 33.3 Å². The van der Waals surface area contributed by atoms with Gasteiger partial charge in [0, 0.05) is 25.9 Å². The van der Waals surface area contributed by atoms with E-state index in [9.17, 15) is 9.59 Å². The van der Waals surface area contributed by atoms with E-state index >= 15 is 0 Å². The molecule has 2 saturated carbocycles. The van der Waals surface area contributed by atoms with E-state index < -0.39 is 11.2 Å². The van der Waals surface area contributed by atoms with Crippen LogP contribution in [0.5, 0.6) is 0 Å². The molecular weight excluding hydrogens is 356 g/mol. The Morgan fingerprint density at radius 3 is 2.54 bits per heavy atom. The molecule has 0 aromatic carbocycles. The van der Waals surface area contributed by atoms with E-state index in [1.54, 1.807) is 6.08 Å². The van der Waals surface area contributed by atoms with Crippen LogP contribution in [0.15, 0.2) is 12.7 Å². The van der Waals surface area contributed by atoms with Crippen LogP contribution < -0.4 is 0 Å². The van der Waals surface area contributed by atoms with Crippen molar-refractivity contribution >= 4 is 11.8 Å². The summed E-state index contributed by atoms with van der Waals surface area (Å²) < 4.78 is 17.5. The van der Waals surface area contributed by atoms with Gasteiger partial charge in [0.15, 0.2) is 0 Å². The van der Waals surface area contributed by atoms with Gasteiger partial charge in [-0.2, -0.15) is 0 Å². The average Bonchev–Trinajstić information content (AvgIpc) is 2.51. The molecule has 0 aromatic rings. The molecule has 1 saturated heterocycles. The number of hydrogen-bond donors (Lipinski definition) is 0. The summed E-state index contributed by atoms with van der Waals surface area (Å²) in [4.78, 5) is 25.8. The Hall–Kier alpha value is -1.20. The predicted molar refractivity (Wildman–Crippen MR) is 107 cm³/mol. The third-order valence-corrected chi connectivity index (χ3v) is 7.63. The molecule has 3 aliphatic rings. The molecule has 5 heteroatoms. The summed E-state index contributed by atoms with van der Waals surface area (Å²) in [5.74, 6) is -0.196. The summed E-state index contributed by atoms with van der Waals surface area (Å²) in [6, 6.07) is 0. The molecule has 1 aliphatic heterocycles. The molecule has 0 amide bonds. The highest BCUT2D eigenvalue weighted by Crippen LogP contribution is 2.65. The third-order valence-electron chi connectivity index (χ3n) is 7.63. The zero-order chi connectivity index (χ0) is 21.0. The highest BCUT2D eigenvalue weighted by atomic mass is 16.6. The standard InChI is InChI=1S/C23H36O5/c1-8-21(4)12-15(24)18-22(5)11-9-10-20(2,3)19(22)16(13-23(18,6)28-21)27-17(25)14-26-7/h8,16,18-19H,1,9-14H2,2-7H3/t16-,18-,19+,21+,22-,23-/m1/s1. The highest BCUT2D eigenvalue weighted by Gasteiger charge is 2.67. The van der Waals surface area contributed by atoms with Crippen LogP contribution >= 0.6 is 0 Å². The second-order valence-electron chi connectivity index (χ2n) is 10.5. The van der Waals surface area contributed by atoms with Crippen molar-refractivity contribution in [1.82, 2.24) is 0 Å². The molecule has 3 fully saturated rings. The summed E-state index contributed by atoms with van der Waals surface area (Å²) in [5.41, 5.74) is -1.66. The molecule has 0 radical (unpaired) electrons. The highest BCUT2D eigenvalue weighted by molar-refractivity contribution is 5.85. The van der Waals surface area contributed by atoms with Crippen LogP contribution in [0.3, 0.4) is 0 Å². The molecule has 0 unspecified atom stereocenters. The van der Waals surface area contributed by atoms with Crippen LogP contribution in [-0.4, -0.2) is 42.8 Å². The normalized spacial score (nSPS) is 44.9. The number of Topliss-reactive ketones (excluding diaryl/α,β-unsaturated/α-hetero) is 1. The Labute approximate surface area is 169 Å². The molecule has 158 valence electrons. The lowest BCUT2D eigenvalue weighted by molar-refractivity contribution is -0.266. The number of carbonyl (C=O) groups excluding carboxylic acids is 2. The Morgan fingerprint density at radius 1 is 1.25 bits per heavy atom. The Balaban J connectivity index is 2.07. The second-order valence-corrected chi connectivity index (χ2v) is 10.5. The van der Waals surface area contributed by atoms with Crippen LogP contribution in [0.25, 0.3) is 0 Å². The van der Waals surface area contributed by atoms with Gasteiger partial charge in [0.05, 0.1) is 17.1 Å².